The number of hydrogen-bond acceptors (Lipinski definition) is 1. The van der Waals surface area contributed by atoms with E-state index in [1.165, 1.54) is 0 Å². The molecule has 11 heteroatoms. The molecule has 2 rings (SSSR count). The van der Waals surface area contributed by atoms with Crippen LogP contribution < -0.4 is 4.90 Å². The summed E-state index contributed by atoms with van der Waals surface area (Å²) in [6.07, 6.45) is -4.83. The number of alkyl halides is 3. The molecule has 1 aromatic carbocycles. The number of carbonyl (C=O) groups is 1. The zero-order valence-electron chi connectivity index (χ0n) is 29.7. The van der Waals surface area contributed by atoms with Crippen LogP contribution in [0.5, 0.6) is 0 Å². The Kier molecular flexibility index (Phi) is 12.7. The van der Waals surface area contributed by atoms with E-state index in [4.69, 9.17) is 0 Å². The smallest absolute Gasteiger partial charge is 0.278 e. The topological polar surface area (TPSA) is 20.3 Å². The first kappa shape index (κ1) is 40.1. The van der Waals surface area contributed by atoms with Gasteiger partial charge in [-0.05, 0) is 39.7 Å². The maximum absolute atomic E-state index is 15.8. The molecule has 1 unspecified atom stereocenters. The lowest BCUT2D eigenvalue weighted by molar-refractivity contribution is -0.143. The van der Waals surface area contributed by atoms with Crippen LogP contribution in [-0.2, 0) is 11.0 Å². The highest BCUT2D eigenvalue weighted by Crippen LogP contribution is 2.52. The molecular weight excluding hydrogens is 640 g/mol. The van der Waals surface area contributed by atoms with Crippen LogP contribution >= 0.6 is 0 Å². The fourth-order valence-electron chi connectivity index (χ4n) is 8.73. The van der Waals surface area contributed by atoms with Gasteiger partial charge < -0.3 is 0 Å². The van der Waals surface area contributed by atoms with E-state index in [9.17, 15) is 18.0 Å². The second-order valence-corrected chi connectivity index (χ2v) is 26.1. The molecule has 2 nitrogen and oxygen atoms in total. The molecule has 0 radical (unpaired) electrons. The number of hydrogen-bond donors (Lipinski definition) is 0. The Bertz CT molecular complexity index is 1310. The summed E-state index contributed by atoms with van der Waals surface area (Å²) in [6.45, 7) is 27.1. The van der Waals surface area contributed by atoms with Gasteiger partial charge in [0.15, 0.2) is 23.3 Å². The number of carbonyl (C=O) groups excluding carboxylic acids is 1. The summed E-state index contributed by atoms with van der Waals surface area (Å²) in [6, 6.07) is 0. The Labute approximate surface area is 273 Å². The van der Waals surface area contributed by atoms with Gasteiger partial charge in [0.1, 0.15) is 27.4 Å². The van der Waals surface area contributed by atoms with Crippen molar-refractivity contribution in [2.75, 3.05) is 4.90 Å². The zero-order chi connectivity index (χ0) is 35.9. The van der Waals surface area contributed by atoms with E-state index >= 15 is 17.6 Å². The van der Waals surface area contributed by atoms with Crippen molar-refractivity contribution < 1.29 is 35.5 Å². The number of anilines is 1. The molecule has 1 saturated heterocycles. The van der Waals surface area contributed by atoms with Gasteiger partial charge in [-0.25, -0.2) is 17.6 Å². The minimum atomic E-state index is -5.70. The molecule has 1 atom stereocenters. The highest BCUT2D eigenvalue weighted by atomic mass is 28.3. The van der Waals surface area contributed by atoms with E-state index in [0.29, 0.717) is 22.9 Å². The molecule has 46 heavy (non-hydrogen) atoms. The van der Waals surface area contributed by atoms with Gasteiger partial charge in [-0.2, -0.15) is 13.2 Å². The van der Waals surface area contributed by atoms with Gasteiger partial charge in [-0.1, -0.05) is 102 Å². The van der Waals surface area contributed by atoms with Gasteiger partial charge in [-0.15, -0.1) is 5.54 Å². The Morgan fingerprint density at radius 1 is 0.761 bits per heavy atom. The molecule has 1 amide bonds. The van der Waals surface area contributed by atoms with E-state index in [1.54, 1.807) is 0 Å². The van der Waals surface area contributed by atoms with E-state index in [-0.39, 0.29) is 45.4 Å². The van der Waals surface area contributed by atoms with Crippen molar-refractivity contribution in [2.45, 2.75) is 149 Å². The third kappa shape index (κ3) is 6.63. The van der Waals surface area contributed by atoms with Crippen LogP contribution in [-0.4, -0.2) is 22.1 Å². The Morgan fingerprint density at radius 3 is 1.50 bits per heavy atom. The van der Waals surface area contributed by atoms with Crippen molar-refractivity contribution in [1.29, 1.82) is 0 Å². The van der Waals surface area contributed by atoms with E-state index < -0.39 is 68.7 Å². The standard InChI is InChI=1S/C35H52F7NOSi2/c1-14-15-25-18-26(43(34(25)44)33-31(38)29(36)28(35(40,41)42)30(37)32(33)39)27(46(22(8)9,23(10)11)24(12)13)16-17-45(19(2)3,20(4)5)21(6)7/h19-25H,14-15,18H2,1-13H3/b27-26-. The third-order valence-electron chi connectivity index (χ3n) is 10.5. The summed E-state index contributed by atoms with van der Waals surface area (Å²) in [7, 11) is -5.28. The molecule has 0 aliphatic carbocycles. The van der Waals surface area contributed by atoms with Crippen LogP contribution in [0.15, 0.2) is 10.9 Å². The van der Waals surface area contributed by atoms with E-state index in [1.807, 2.05) is 6.92 Å². The molecule has 1 aromatic rings. The van der Waals surface area contributed by atoms with Crippen molar-refractivity contribution in [3.63, 3.8) is 0 Å². The quantitative estimate of drug-likeness (QED) is 0.103. The fourth-order valence-corrected chi connectivity index (χ4v) is 20.8. The van der Waals surface area contributed by atoms with E-state index in [2.05, 4.69) is 94.5 Å². The van der Waals surface area contributed by atoms with Gasteiger partial charge in [0.05, 0.1) is 0 Å². The average Bonchev–Trinajstić information content (AvgIpc) is 3.20. The lowest BCUT2D eigenvalue weighted by Crippen LogP contribution is -2.49. The summed E-state index contributed by atoms with van der Waals surface area (Å²) in [5.74, 6) is -7.67. The molecule has 0 aromatic heterocycles. The van der Waals surface area contributed by atoms with Crippen molar-refractivity contribution in [3.8, 4) is 11.5 Å². The molecule has 0 saturated carbocycles. The maximum atomic E-state index is 15.8. The minimum absolute atomic E-state index is 0.0142. The Hall–Kier alpha value is -2.07. The van der Waals surface area contributed by atoms with Gasteiger partial charge in [0, 0.05) is 23.2 Å². The number of benzene rings is 1. The van der Waals surface area contributed by atoms with E-state index in [0.717, 1.165) is 0 Å². The highest BCUT2D eigenvalue weighted by molar-refractivity contribution is 6.93. The number of allylic oxidation sites excluding steroid dienone is 2. The molecular formula is C35H52F7NOSi2. The Morgan fingerprint density at radius 2 is 1.17 bits per heavy atom. The molecule has 0 bridgehead atoms. The van der Waals surface area contributed by atoms with Crippen LogP contribution in [0.25, 0.3) is 0 Å². The largest absolute Gasteiger partial charge is 0.422 e. The van der Waals surface area contributed by atoms with Crippen molar-refractivity contribution in [3.05, 3.63) is 39.7 Å². The van der Waals surface area contributed by atoms with Gasteiger partial charge in [0.25, 0.3) is 0 Å². The molecule has 1 heterocycles. The van der Waals surface area contributed by atoms with Crippen molar-refractivity contribution >= 4 is 27.7 Å². The molecule has 1 aliphatic heterocycles. The molecule has 1 aliphatic rings. The second-order valence-electron chi connectivity index (χ2n) is 14.7. The summed E-state index contributed by atoms with van der Waals surface area (Å²) >= 11 is 0. The molecule has 1 fully saturated rings. The average molecular weight is 692 g/mol. The second kappa shape index (κ2) is 14.6. The fraction of sp³-hybridized carbons (Fsp3) is 0.686. The summed E-state index contributed by atoms with van der Waals surface area (Å²) < 4.78 is 102. The van der Waals surface area contributed by atoms with Crippen LogP contribution in [0.1, 0.15) is 115 Å². The van der Waals surface area contributed by atoms with Crippen LogP contribution in [0, 0.1) is 40.7 Å². The minimum Gasteiger partial charge on any atom is -0.278 e. The van der Waals surface area contributed by atoms with Gasteiger partial charge in [-0.3, -0.25) is 9.69 Å². The Balaban J connectivity index is 3.36. The normalized spacial score (nSPS) is 17.8. The predicted octanol–water partition coefficient (Wildman–Crippen LogP) is 12.1. The molecule has 260 valence electrons. The monoisotopic (exact) mass is 691 g/mol. The summed E-state index contributed by atoms with van der Waals surface area (Å²) in [4.78, 5) is 14.7. The molecule has 0 spiro atoms. The maximum Gasteiger partial charge on any atom is 0.422 e. The molecule has 0 N–H and O–H groups in total. The SMILES string of the molecule is CCCC1C/C(=C(\C#C[Si](C(C)C)(C(C)C)C(C)C)[Si](C(C)C)(C(C)C)C(C)C)N(c2c(F)c(F)c(C(F)(F)F)c(F)c2F)C1=O. The predicted molar refractivity (Wildman–Crippen MR) is 179 cm³/mol. The summed E-state index contributed by atoms with van der Waals surface area (Å²) in [5.41, 5.74) is 0.575. The number of rotatable bonds is 10. The lowest BCUT2D eigenvalue weighted by atomic mass is 10.0. The van der Waals surface area contributed by atoms with Crippen LogP contribution in [0.4, 0.5) is 36.4 Å². The van der Waals surface area contributed by atoms with Gasteiger partial charge in [0.2, 0.25) is 5.91 Å². The lowest BCUT2D eigenvalue weighted by Gasteiger charge is -2.45. The van der Waals surface area contributed by atoms with Crippen LogP contribution in [0.3, 0.4) is 0 Å². The van der Waals surface area contributed by atoms with Crippen LogP contribution in [0.2, 0.25) is 33.2 Å². The zero-order valence-corrected chi connectivity index (χ0v) is 31.7. The summed E-state index contributed by atoms with van der Waals surface area (Å²) in [5, 5.41) is 0.595. The number of halogens is 7. The third-order valence-corrected chi connectivity index (χ3v) is 23.8. The number of nitrogens with zero attached hydrogens (tertiary/aromatic N) is 1. The first-order chi connectivity index (χ1) is 21.0. The highest BCUT2D eigenvalue weighted by Gasteiger charge is 2.52. The first-order valence-electron chi connectivity index (χ1n) is 16.5. The van der Waals surface area contributed by atoms with Gasteiger partial charge >= 0.3 is 6.18 Å². The van der Waals surface area contributed by atoms with Crippen molar-refractivity contribution in [2.24, 2.45) is 5.92 Å². The first-order valence-corrected chi connectivity index (χ1v) is 21.0. The number of amides is 1. The van der Waals surface area contributed by atoms with Crippen molar-refractivity contribution in [1.82, 2.24) is 0 Å².